The second kappa shape index (κ2) is 6.74. The van der Waals surface area contributed by atoms with Gasteiger partial charge in [-0.05, 0) is 70.4 Å². The van der Waals surface area contributed by atoms with E-state index in [-0.39, 0.29) is 5.41 Å². The molecular weight excluding hydrogens is 264 g/mol. The summed E-state index contributed by atoms with van der Waals surface area (Å²) in [5.41, 5.74) is 4.88. The molecule has 0 spiro atoms. The van der Waals surface area contributed by atoms with Crippen molar-refractivity contribution in [3.8, 4) is 11.8 Å². The summed E-state index contributed by atoms with van der Waals surface area (Å²) in [7, 11) is 0. The molecule has 0 aliphatic heterocycles. The number of rotatable bonds is 3. The molecule has 1 aliphatic rings. The van der Waals surface area contributed by atoms with Gasteiger partial charge in [0.05, 0.1) is 0 Å². The van der Waals surface area contributed by atoms with Gasteiger partial charge in [-0.2, -0.15) is 0 Å². The Morgan fingerprint density at radius 2 is 1.82 bits per heavy atom. The van der Waals surface area contributed by atoms with Crippen LogP contribution >= 0.6 is 0 Å². The molecule has 0 saturated carbocycles. The first-order chi connectivity index (χ1) is 10.3. The van der Waals surface area contributed by atoms with E-state index in [1.54, 1.807) is 11.1 Å². The molecule has 0 radical (unpaired) electrons. The van der Waals surface area contributed by atoms with E-state index in [2.05, 4.69) is 70.7 Å². The highest BCUT2D eigenvalue weighted by Gasteiger charge is 2.29. The first-order valence-electron chi connectivity index (χ1n) is 8.57. The standard InChI is InChI=1S/C22H30/c1-18-10-9-15-22(4,5)20(18)14-17-21(2,3)16-13-19-11-7-6-8-12-19/h6-8,11-12H,9-10,14-15,17H2,1-5H3. The van der Waals surface area contributed by atoms with Crippen LogP contribution in [0.2, 0.25) is 0 Å². The Labute approximate surface area is 137 Å². The van der Waals surface area contributed by atoms with Crippen LogP contribution in [0.5, 0.6) is 0 Å². The van der Waals surface area contributed by atoms with E-state index in [9.17, 15) is 0 Å². The van der Waals surface area contributed by atoms with Crippen molar-refractivity contribution in [2.45, 2.75) is 66.7 Å². The second-order valence-corrected chi connectivity index (χ2v) is 8.00. The molecule has 0 amide bonds. The lowest BCUT2D eigenvalue weighted by Gasteiger charge is -2.36. The third-order valence-corrected chi connectivity index (χ3v) is 5.00. The number of benzene rings is 1. The Kier molecular flexibility index (Phi) is 5.17. The molecule has 0 fully saturated rings. The molecular formula is C22H30. The molecule has 0 heterocycles. The Bertz CT molecular complexity index is 588. The van der Waals surface area contributed by atoms with Gasteiger partial charge in [-0.1, -0.05) is 55.0 Å². The smallest absolute Gasteiger partial charge is 0.0265 e. The zero-order valence-electron chi connectivity index (χ0n) is 14.9. The average molecular weight is 294 g/mol. The van der Waals surface area contributed by atoms with E-state index in [1.807, 2.05) is 6.07 Å². The Morgan fingerprint density at radius 1 is 1.14 bits per heavy atom. The second-order valence-electron chi connectivity index (χ2n) is 8.00. The lowest BCUT2D eigenvalue weighted by atomic mass is 9.70. The van der Waals surface area contributed by atoms with Gasteiger partial charge in [0.25, 0.3) is 0 Å². The summed E-state index contributed by atoms with van der Waals surface area (Å²) in [5, 5.41) is 0. The van der Waals surface area contributed by atoms with Gasteiger partial charge >= 0.3 is 0 Å². The zero-order chi connectivity index (χ0) is 16.2. The minimum Gasteiger partial charge on any atom is -0.0917 e. The summed E-state index contributed by atoms with van der Waals surface area (Å²) >= 11 is 0. The Morgan fingerprint density at radius 3 is 2.45 bits per heavy atom. The lowest BCUT2D eigenvalue weighted by molar-refractivity contribution is 0.336. The number of hydrogen-bond acceptors (Lipinski definition) is 0. The van der Waals surface area contributed by atoms with Crippen LogP contribution in [-0.2, 0) is 0 Å². The summed E-state index contributed by atoms with van der Waals surface area (Å²) < 4.78 is 0. The minimum absolute atomic E-state index is 0.0661. The van der Waals surface area contributed by atoms with Crippen LogP contribution in [0.1, 0.15) is 72.3 Å². The van der Waals surface area contributed by atoms with Gasteiger partial charge in [0.15, 0.2) is 0 Å². The van der Waals surface area contributed by atoms with E-state index in [4.69, 9.17) is 0 Å². The van der Waals surface area contributed by atoms with E-state index >= 15 is 0 Å². The van der Waals surface area contributed by atoms with E-state index in [1.165, 1.54) is 25.7 Å². The van der Waals surface area contributed by atoms with Gasteiger partial charge in [0.1, 0.15) is 0 Å². The van der Waals surface area contributed by atoms with Crippen molar-refractivity contribution in [3.63, 3.8) is 0 Å². The minimum atomic E-state index is 0.0661. The fourth-order valence-electron chi connectivity index (χ4n) is 3.49. The monoisotopic (exact) mass is 294 g/mol. The van der Waals surface area contributed by atoms with Gasteiger partial charge in [-0.15, -0.1) is 0 Å². The van der Waals surface area contributed by atoms with Gasteiger partial charge in [-0.3, -0.25) is 0 Å². The van der Waals surface area contributed by atoms with Crippen LogP contribution in [0.25, 0.3) is 0 Å². The summed E-state index contributed by atoms with van der Waals surface area (Å²) in [4.78, 5) is 0. The number of hydrogen-bond donors (Lipinski definition) is 0. The van der Waals surface area contributed by atoms with E-state index < -0.39 is 0 Å². The van der Waals surface area contributed by atoms with Crippen LogP contribution in [0.3, 0.4) is 0 Å². The third kappa shape index (κ3) is 4.51. The third-order valence-electron chi connectivity index (χ3n) is 5.00. The van der Waals surface area contributed by atoms with E-state index in [0.717, 1.165) is 12.0 Å². The van der Waals surface area contributed by atoms with Crippen molar-refractivity contribution in [1.82, 2.24) is 0 Å². The fourth-order valence-corrected chi connectivity index (χ4v) is 3.49. The van der Waals surface area contributed by atoms with E-state index in [0.29, 0.717) is 5.41 Å². The predicted molar refractivity (Wildman–Crippen MR) is 96.7 cm³/mol. The maximum absolute atomic E-state index is 3.48. The molecule has 2 rings (SSSR count). The molecule has 1 aliphatic carbocycles. The summed E-state index contributed by atoms with van der Waals surface area (Å²) in [6.07, 6.45) is 6.29. The average Bonchev–Trinajstić information content (AvgIpc) is 2.45. The molecule has 1 aromatic rings. The molecule has 1 aromatic carbocycles. The first-order valence-corrected chi connectivity index (χ1v) is 8.57. The van der Waals surface area contributed by atoms with Crippen molar-refractivity contribution in [1.29, 1.82) is 0 Å². The Hall–Kier alpha value is -1.48. The van der Waals surface area contributed by atoms with Crippen molar-refractivity contribution in [2.75, 3.05) is 0 Å². The lowest BCUT2D eigenvalue weighted by Crippen LogP contribution is -2.22. The maximum Gasteiger partial charge on any atom is 0.0265 e. The van der Waals surface area contributed by atoms with Crippen molar-refractivity contribution >= 4 is 0 Å². The molecule has 118 valence electrons. The van der Waals surface area contributed by atoms with Gasteiger partial charge < -0.3 is 0 Å². The van der Waals surface area contributed by atoms with Crippen LogP contribution in [0.4, 0.5) is 0 Å². The SMILES string of the molecule is CC1=C(CCC(C)(C)C#Cc2ccccc2)C(C)(C)CCC1. The normalized spacial score (nSPS) is 17.9. The molecule has 0 unspecified atom stereocenters. The molecule has 0 heteroatoms. The molecule has 0 saturated heterocycles. The summed E-state index contributed by atoms with van der Waals surface area (Å²) in [6, 6.07) is 10.3. The van der Waals surface area contributed by atoms with Crippen LogP contribution < -0.4 is 0 Å². The van der Waals surface area contributed by atoms with Crippen molar-refractivity contribution in [3.05, 3.63) is 47.0 Å². The van der Waals surface area contributed by atoms with Gasteiger partial charge in [-0.25, -0.2) is 0 Å². The topological polar surface area (TPSA) is 0 Å². The highest BCUT2D eigenvalue weighted by molar-refractivity contribution is 5.35. The molecule has 0 nitrogen and oxygen atoms in total. The van der Waals surface area contributed by atoms with Gasteiger partial charge in [0, 0.05) is 11.0 Å². The van der Waals surface area contributed by atoms with Crippen LogP contribution in [0, 0.1) is 22.7 Å². The highest BCUT2D eigenvalue weighted by atomic mass is 14.3. The molecule has 0 aromatic heterocycles. The number of allylic oxidation sites excluding steroid dienone is 2. The van der Waals surface area contributed by atoms with Crippen LogP contribution in [-0.4, -0.2) is 0 Å². The van der Waals surface area contributed by atoms with Crippen molar-refractivity contribution < 1.29 is 0 Å². The summed E-state index contributed by atoms with van der Waals surface area (Å²) in [5.74, 6) is 6.82. The van der Waals surface area contributed by atoms with Crippen LogP contribution in [0.15, 0.2) is 41.5 Å². The maximum atomic E-state index is 3.48. The largest absolute Gasteiger partial charge is 0.0917 e. The molecule has 0 bridgehead atoms. The highest BCUT2D eigenvalue weighted by Crippen LogP contribution is 2.43. The molecule has 0 atom stereocenters. The first kappa shape index (κ1) is 16.9. The summed E-state index contributed by atoms with van der Waals surface area (Å²) in [6.45, 7) is 11.7. The Balaban J connectivity index is 2.05. The van der Waals surface area contributed by atoms with Gasteiger partial charge in [0.2, 0.25) is 0 Å². The quantitative estimate of drug-likeness (QED) is 0.449. The van der Waals surface area contributed by atoms with Crippen molar-refractivity contribution in [2.24, 2.45) is 10.8 Å². The fraction of sp³-hybridized carbons (Fsp3) is 0.545. The molecule has 0 N–H and O–H groups in total. The molecule has 22 heavy (non-hydrogen) atoms. The zero-order valence-corrected chi connectivity index (χ0v) is 14.9. The predicted octanol–water partition coefficient (Wildman–Crippen LogP) is 6.37.